The third-order valence-corrected chi connectivity index (χ3v) is 3.73. The number of unbranched alkanes of at least 4 members (excludes halogenated alkanes) is 1. The number of Topliss-reactive ketones (excluding diaryl/α,β-unsaturated/α-hetero) is 2. The summed E-state index contributed by atoms with van der Waals surface area (Å²) in [5, 5.41) is 14.2. The second-order valence-electron chi connectivity index (χ2n) is 5.53. The van der Waals surface area contributed by atoms with Crippen LogP contribution in [-0.4, -0.2) is 45.7 Å². The number of likely N-dealkylation sites (N-methyl/N-ethyl adjacent to an activating group) is 1. The van der Waals surface area contributed by atoms with E-state index in [1.54, 1.807) is 25.6 Å². The highest BCUT2D eigenvalue weighted by molar-refractivity contribution is 5.83. The predicted molar refractivity (Wildman–Crippen MR) is 85.8 cm³/mol. The van der Waals surface area contributed by atoms with E-state index in [-0.39, 0.29) is 23.7 Å². The molecule has 0 spiro atoms. The number of nitrogens with zero attached hydrogens (tertiary/aromatic N) is 3. The van der Waals surface area contributed by atoms with E-state index in [1.807, 2.05) is 13.1 Å². The predicted octanol–water partition coefficient (Wildman–Crippen LogP) is 1.40. The van der Waals surface area contributed by atoms with Crippen LogP contribution in [0.3, 0.4) is 0 Å². The van der Waals surface area contributed by atoms with Gasteiger partial charge in [0.1, 0.15) is 5.78 Å². The van der Waals surface area contributed by atoms with Gasteiger partial charge < -0.3 is 10.6 Å². The first kappa shape index (κ1) is 18.3. The molecule has 0 amide bonds. The Balaban J connectivity index is 2.36. The van der Waals surface area contributed by atoms with Gasteiger partial charge in [-0.1, -0.05) is 12.1 Å². The first-order valence-electron chi connectivity index (χ1n) is 7.82. The molecule has 0 unspecified atom stereocenters. The summed E-state index contributed by atoms with van der Waals surface area (Å²) in [4.78, 5) is 22.7. The first-order valence-corrected chi connectivity index (χ1v) is 7.82. The molecule has 0 saturated heterocycles. The van der Waals surface area contributed by atoms with E-state index in [0.717, 1.165) is 32.2 Å². The lowest BCUT2D eigenvalue weighted by Gasteiger charge is -2.12. The van der Waals surface area contributed by atoms with Gasteiger partial charge in [-0.2, -0.15) is 0 Å². The Morgan fingerprint density at radius 1 is 1.23 bits per heavy atom. The van der Waals surface area contributed by atoms with Gasteiger partial charge in [0.15, 0.2) is 11.6 Å². The van der Waals surface area contributed by atoms with Crippen molar-refractivity contribution in [2.24, 2.45) is 0 Å². The van der Waals surface area contributed by atoms with Crippen molar-refractivity contribution >= 4 is 17.4 Å². The number of hydrogen-bond acceptors (Lipinski definition) is 6. The van der Waals surface area contributed by atoms with E-state index in [9.17, 15) is 9.59 Å². The summed E-state index contributed by atoms with van der Waals surface area (Å²) in [5.41, 5.74) is 0. The zero-order valence-electron chi connectivity index (χ0n) is 13.9. The summed E-state index contributed by atoms with van der Waals surface area (Å²) >= 11 is 0. The average molecular weight is 309 g/mol. The second kappa shape index (κ2) is 9.30. The van der Waals surface area contributed by atoms with Crippen molar-refractivity contribution in [1.29, 1.82) is 0 Å². The van der Waals surface area contributed by atoms with Crippen LogP contribution in [0.5, 0.6) is 0 Å². The Kier molecular flexibility index (Phi) is 7.73. The first-order chi connectivity index (χ1) is 10.5. The van der Waals surface area contributed by atoms with Crippen molar-refractivity contribution in [2.45, 2.75) is 65.1 Å². The van der Waals surface area contributed by atoms with Crippen LogP contribution in [0.1, 0.15) is 46.5 Å². The molecule has 7 nitrogen and oxygen atoms in total. The summed E-state index contributed by atoms with van der Waals surface area (Å²) in [6, 6.07) is -0.272. The Morgan fingerprint density at radius 3 is 2.45 bits per heavy atom. The van der Waals surface area contributed by atoms with Crippen LogP contribution in [0, 0.1) is 0 Å². The van der Waals surface area contributed by atoms with Crippen molar-refractivity contribution < 1.29 is 9.59 Å². The maximum atomic E-state index is 11.4. The quantitative estimate of drug-likeness (QED) is 0.601. The summed E-state index contributed by atoms with van der Waals surface area (Å²) in [7, 11) is 1.81. The van der Waals surface area contributed by atoms with Crippen molar-refractivity contribution in [1.82, 2.24) is 20.3 Å². The smallest absolute Gasteiger partial charge is 0.169 e. The molecule has 22 heavy (non-hydrogen) atoms. The van der Waals surface area contributed by atoms with Gasteiger partial charge >= 0.3 is 0 Å². The lowest BCUT2D eigenvalue weighted by molar-refractivity contribution is -0.119. The number of aryl methyl sites for hydroxylation is 1. The zero-order chi connectivity index (χ0) is 16.5. The molecular weight excluding hydrogens is 282 g/mol. The minimum Gasteiger partial charge on any atom is -0.357 e. The maximum absolute atomic E-state index is 11.4. The van der Waals surface area contributed by atoms with E-state index >= 15 is 0 Å². The van der Waals surface area contributed by atoms with Crippen LogP contribution in [0.25, 0.3) is 0 Å². The minimum absolute atomic E-state index is 0.0612. The standard InChI is InChI=1S/C15H27N5O2/c1-5-13(11(2)21)17-15-10-20(19-18-15)9-7-6-8-14(16-4)12(3)22/h10,13-14,16-17H,5-9H2,1-4H3/t13-,14-/m0/s1. The molecular formula is C15H27N5O2. The van der Waals surface area contributed by atoms with Crippen molar-refractivity contribution in [2.75, 3.05) is 12.4 Å². The molecule has 2 N–H and O–H groups in total. The van der Waals surface area contributed by atoms with Gasteiger partial charge in [0.05, 0.1) is 18.3 Å². The fraction of sp³-hybridized carbons (Fsp3) is 0.733. The van der Waals surface area contributed by atoms with Gasteiger partial charge in [0.25, 0.3) is 0 Å². The van der Waals surface area contributed by atoms with Crippen LogP contribution in [0.4, 0.5) is 5.82 Å². The normalized spacial score (nSPS) is 13.6. The van der Waals surface area contributed by atoms with Gasteiger partial charge in [-0.15, -0.1) is 5.10 Å². The third-order valence-electron chi connectivity index (χ3n) is 3.73. The molecule has 0 radical (unpaired) electrons. The highest BCUT2D eigenvalue weighted by Gasteiger charge is 2.13. The number of hydrogen-bond donors (Lipinski definition) is 2. The molecule has 2 atom stereocenters. The molecule has 1 aromatic heterocycles. The van der Waals surface area contributed by atoms with Gasteiger partial charge in [0.2, 0.25) is 0 Å². The highest BCUT2D eigenvalue weighted by atomic mass is 16.1. The van der Waals surface area contributed by atoms with E-state index in [0.29, 0.717) is 5.82 Å². The molecule has 1 rings (SSSR count). The number of anilines is 1. The van der Waals surface area contributed by atoms with Crippen molar-refractivity contribution in [3.8, 4) is 0 Å². The minimum atomic E-state index is -0.211. The monoisotopic (exact) mass is 309 g/mol. The number of rotatable bonds is 11. The number of carbonyl (C=O) groups excluding carboxylic acids is 2. The molecule has 0 fully saturated rings. The Morgan fingerprint density at radius 2 is 1.91 bits per heavy atom. The van der Waals surface area contributed by atoms with E-state index in [4.69, 9.17) is 0 Å². The Labute approximate surface area is 131 Å². The lowest BCUT2D eigenvalue weighted by atomic mass is 10.1. The lowest BCUT2D eigenvalue weighted by Crippen LogP contribution is -2.32. The second-order valence-corrected chi connectivity index (χ2v) is 5.53. The summed E-state index contributed by atoms with van der Waals surface area (Å²) in [5.74, 6) is 0.892. The van der Waals surface area contributed by atoms with Crippen LogP contribution >= 0.6 is 0 Å². The topological polar surface area (TPSA) is 88.9 Å². The van der Waals surface area contributed by atoms with Gasteiger partial charge in [-0.25, -0.2) is 0 Å². The van der Waals surface area contributed by atoms with E-state index in [1.165, 1.54) is 0 Å². The highest BCUT2D eigenvalue weighted by Crippen LogP contribution is 2.08. The molecule has 0 aliphatic carbocycles. The molecule has 1 heterocycles. The zero-order valence-corrected chi connectivity index (χ0v) is 13.9. The van der Waals surface area contributed by atoms with E-state index < -0.39 is 0 Å². The van der Waals surface area contributed by atoms with Crippen LogP contribution in [0.2, 0.25) is 0 Å². The van der Waals surface area contributed by atoms with Crippen LogP contribution in [0.15, 0.2) is 6.20 Å². The molecule has 0 aliphatic heterocycles. The molecule has 0 saturated carbocycles. The fourth-order valence-electron chi connectivity index (χ4n) is 2.32. The third kappa shape index (κ3) is 5.93. The number of ketones is 2. The fourth-order valence-corrected chi connectivity index (χ4v) is 2.32. The number of aromatic nitrogens is 3. The van der Waals surface area contributed by atoms with Crippen molar-refractivity contribution in [3.63, 3.8) is 0 Å². The summed E-state index contributed by atoms with van der Waals surface area (Å²) in [6.07, 6.45) is 5.23. The molecule has 0 bridgehead atoms. The van der Waals surface area contributed by atoms with Crippen molar-refractivity contribution in [3.05, 3.63) is 6.20 Å². The average Bonchev–Trinajstić information content (AvgIpc) is 2.91. The molecule has 124 valence electrons. The number of carbonyl (C=O) groups is 2. The summed E-state index contributed by atoms with van der Waals surface area (Å²) in [6.45, 7) is 5.88. The van der Waals surface area contributed by atoms with Crippen LogP contribution < -0.4 is 10.6 Å². The Bertz CT molecular complexity index is 486. The molecule has 7 heteroatoms. The SMILES string of the molecule is CC[C@H](Nc1cn(CCCC[C@H](NC)C(C)=O)nn1)C(C)=O. The Hall–Kier alpha value is -1.76. The molecule has 0 aliphatic rings. The van der Waals surface area contributed by atoms with Gasteiger partial charge in [0, 0.05) is 6.54 Å². The van der Waals surface area contributed by atoms with Gasteiger partial charge in [-0.05, 0) is 46.6 Å². The number of nitrogens with one attached hydrogen (secondary N) is 2. The van der Waals surface area contributed by atoms with Gasteiger partial charge in [-0.3, -0.25) is 14.3 Å². The van der Waals surface area contributed by atoms with Crippen LogP contribution in [-0.2, 0) is 16.1 Å². The molecule has 1 aromatic rings. The molecule has 0 aromatic carbocycles. The largest absolute Gasteiger partial charge is 0.357 e. The maximum Gasteiger partial charge on any atom is 0.169 e. The van der Waals surface area contributed by atoms with E-state index in [2.05, 4.69) is 20.9 Å². The summed E-state index contributed by atoms with van der Waals surface area (Å²) < 4.78 is 1.76.